The maximum absolute atomic E-state index is 11.9. The Hall–Kier alpha value is -2.04. The van der Waals surface area contributed by atoms with Crippen LogP contribution in [0, 0.1) is 6.92 Å². The Bertz CT molecular complexity index is 486. The summed E-state index contributed by atoms with van der Waals surface area (Å²) in [6, 6.07) is 7.04. The van der Waals surface area contributed by atoms with E-state index < -0.39 is 18.1 Å². The third-order valence-electron chi connectivity index (χ3n) is 3.23. The Labute approximate surface area is 111 Å². The standard InChI is InChI=1S/C14H17NO4/c1-10-4-2-5-11(8-10)9-19-13(16)12-6-3-7-15(12)14(17)18/h2,4-5,8,12H,3,6-7,9H2,1H3,(H,17,18). The summed E-state index contributed by atoms with van der Waals surface area (Å²) in [5.74, 6) is -0.457. The van der Waals surface area contributed by atoms with Crippen LogP contribution in [0.25, 0.3) is 0 Å². The first-order chi connectivity index (χ1) is 9.08. The van der Waals surface area contributed by atoms with Crippen molar-refractivity contribution in [1.29, 1.82) is 0 Å². The number of hydrogen-bond acceptors (Lipinski definition) is 3. The highest BCUT2D eigenvalue weighted by Gasteiger charge is 2.35. The number of likely N-dealkylation sites (tertiary alicyclic amines) is 1. The second kappa shape index (κ2) is 5.73. The van der Waals surface area contributed by atoms with Crippen LogP contribution in [0.5, 0.6) is 0 Å². The van der Waals surface area contributed by atoms with Gasteiger partial charge in [-0.15, -0.1) is 0 Å². The van der Waals surface area contributed by atoms with Gasteiger partial charge < -0.3 is 9.84 Å². The minimum absolute atomic E-state index is 0.185. The maximum Gasteiger partial charge on any atom is 0.408 e. The van der Waals surface area contributed by atoms with Crippen molar-refractivity contribution in [3.8, 4) is 0 Å². The molecule has 19 heavy (non-hydrogen) atoms. The third-order valence-corrected chi connectivity index (χ3v) is 3.23. The molecule has 0 radical (unpaired) electrons. The molecule has 0 saturated carbocycles. The molecule has 1 atom stereocenters. The Morgan fingerprint density at radius 1 is 1.47 bits per heavy atom. The fourth-order valence-electron chi connectivity index (χ4n) is 2.29. The van der Waals surface area contributed by atoms with Crippen molar-refractivity contribution in [2.45, 2.75) is 32.4 Å². The molecule has 5 heteroatoms. The van der Waals surface area contributed by atoms with Crippen LogP contribution in [0.1, 0.15) is 24.0 Å². The first-order valence-electron chi connectivity index (χ1n) is 6.29. The van der Waals surface area contributed by atoms with Gasteiger partial charge in [0, 0.05) is 6.54 Å². The number of rotatable bonds is 3. The van der Waals surface area contributed by atoms with E-state index in [4.69, 9.17) is 9.84 Å². The Morgan fingerprint density at radius 3 is 2.95 bits per heavy atom. The van der Waals surface area contributed by atoms with Crippen LogP contribution in [-0.4, -0.2) is 34.7 Å². The first kappa shape index (κ1) is 13.4. The van der Waals surface area contributed by atoms with Crippen LogP contribution < -0.4 is 0 Å². The van der Waals surface area contributed by atoms with Gasteiger partial charge in [-0.25, -0.2) is 9.59 Å². The lowest BCUT2D eigenvalue weighted by Crippen LogP contribution is -2.40. The SMILES string of the molecule is Cc1cccc(COC(=O)C2CCCN2C(=O)O)c1. The second-order valence-corrected chi connectivity index (χ2v) is 4.73. The molecule has 1 saturated heterocycles. The number of aryl methyl sites for hydroxylation is 1. The highest BCUT2D eigenvalue weighted by atomic mass is 16.5. The third kappa shape index (κ3) is 3.24. The molecule has 0 bridgehead atoms. The van der Waals surface area contributed by atoms with Gasteiger partial charge in [-0.3, -0.25) is 4.90 Å². The van der Waals surface area contributed by atoms with Crippen LogP contribution in [0.3, 0.4) is 0 Å². The normalized spacial score (nSPS) is 18.4. The Morgan fingerprint density at radius 2 is 2.26 bits per heavy atom. The number of amides is 1. The number of esters is 1. The van der Waals surface area contributed by atoms with E-state index in [1.54, 1.807) is 0 Å². The van der Waals surface area contributed by atoms with E-state index in [2.05, 4.69) is 0 Å². The van der Waals surface area contributed by atoms with Crippen LogP contribution in [0.2, 0.25) is 0 Å². The van der Waals surface area contributed by atoms with Gasteiger partial charge in [0.15, 0.2) is 0 Å². The molecular formula is C14H17NO4. The summed E-state index contributed by atoms with van der Waals surface area (Å²) in [6.45, 7) is 2.55. The number of carbonyl (C=O) groups is 2. The van der Waals surface area contributed by atoms with Crippen LogP contribution in [0.15, 0.2) is 24.3 Å². The number of nitrogens with zero attached hydrogens (tertiary/aromatic N) is 1. The van der Waals surface area contributed by atoms with Crippen molar-refractivity contribution >= 4 is 12.1 Å². The van der Waals surface area contributed by atoms with Gasteiger partial charge in [0.25, 0.3) is 0 Å². The van der Waals surface area contributed by atoms with E-state index in [0.717, 1.165) is 16.0 Å². The molecular weight excluding hydrogens is 246 g/mol. The zero-order valence-electron chi connectivity index (χ0n) is 10.8. The van der Waals surface area contributed by atoms with Crippen molar-refractivity contribution in [2.24, 2.45) is 0 Å². The molecule has 1 aliphatic heterocycles. The quantitative estimate of drug-likeness (QED) is 0.849. The molecule has 1 unspecified atom stereocenters. The predicted octanol–water partition coefficient (Wildman–Crippen LogP) is 2.18. The maximum atomic E-state index is 11.9. The molecule has 1 fully saturated rings. The van der Waals surface area contributed by atoms with Gasteiger partial charge in [-0.2, -0.15) is 0 Å². The van der Waals surface area contributed by atoms with Gasteiger partial charge in [-0.05, 0) is 25.3 Å². The summed E-state index contributed by atoms with van der Waals surface area (Å²) in [5.41, 5.74) is 2.01. The first-order valence-corrected chi connectivity index (χ1v) is 6.29. The summed E-state index contributed by atoms with van der Waals surface area (Å²) >= 11 is 0. The number of carboxylic acid groups (broad SMARTS) is 1. The van der Waals surface area contributed by atoms with E-state index in [0.29, 0.717) is 19.4 Å². The molecule has 0 aromatic heterocycles. The van der Waals surface area contributed by atoms with Crippen molar-refractivity contribution < 1.29 is 19.4 Å². The number of carbonyl (C=O) groups excluding carboxylic acids is 1. The van der Waals surface area contributed by atoms with Gasteiger partial charge in [0.05, 0.1) is 0 Å². The molecule has 5 nitrogen and oxygen atoms in total. The zero-order valence-corrected chi connectivity index (χ0v) is 10.8. The van der Waals surface area contributed by atoms with Crippen LogP contribution >= 0.6 is 0 Å². The van der Waals surface area contributed by atoms with E-state index in [1.807, 2.05) is 31.2 Å². The molecule has 0 spiro atoms. The summed E-state index contributed by atoms with van der Waals surface area (Å²) in [6.07, 6.45) is 0.185. The predicted molar refractivity (Wildman–Crippen MR) is 68.7 cm³/mol. The molecule has 1 heterocycles. The lowest BCUT2D eigenvalue weighted by atomic mass is 10.1. The fraction of sp³-hybridized carbons (Fsp3) is 0.429. The van der Waals surface area contributed by atoms with Gasteiger partial charge in [0.1, 0.15) is 12.6 Å². The van der Waals surface area contributed by atoms with Crippen molar-refractivity contribution in [1.82, 2.24) is 4.90 Å². The molecule has 1 aromatic carbocycles. The number of hydrogen-bond donors (Lipinski definition) is 1. The molecule has 102 valence electrons. The molecule has 0 aliphatic carbocycles. The smallest absolute Gasteiger partial charge is 0.408 e. The molecule has 1 amide bonds. The molecule has 1 aliphatic rings. The fourth-order valence-corrected chi connectivity index (χ4v) is 2.29. The number of ether oxygens (including phenoxy) is 1. The zero-order chi connectivity index (χ0) is 13.8. The van der Waals surface area contributed by atoms with Gasteiger partial charge >= 0.3 is 12.1 Å². The minimum atomic E-state index is -1.06. The summed E-state index contributed by atoms with van der Waals surface area (Å²) in [5, 5.41) is 8.97. The monoisotopic (exact) mass is 263 g/mol. The van der Waals surface area contributed by atoms with E-state index in [1.165, 1.54) is 0 Å². The largest absolute Gasteiger partial charge is 0.465 e. The molecule has 1 N–H and O–H groups in total. The Kier molecular flexibility index (Phi) is 4.04. The van der Waals surface area contributed by atoms with Crippen molar-refractivity contribution in [3.63, 3.8) is 0 Å². The molecule has 1 aromatic rings. The summed E-state index contributed by atoms with van der Waals surface area (Å²) in [4.78, 5) is 24.0. The van der Waals surface area contributed by atoms with Crippen molar-refractivity contribution in [2.75, 3.05) is 6.54 Å². The summed E-state index contributed by atoms with van der Waals surface area (Å²) in [7, 11) is 0. The highest BCUT2D eigenvalue weighted by Crippen LogP contribution is 2.19. The average molecular weight is 263 g/mol. The topological polar surface area (TPSA) is 66.8 Å². The highest BCUT2D eigenvalue weighted by molar-refractivity contribution is 5.81. The number of benzene rings is 1. The molecule has 2 rings (SSSR count). The van der Waals surface area contributed by atoms with E-state index in [9.17, 15) is 9.59 Å². The van der Waals surface area contributed by atoms with E-state index in [-0.39, 0.29) is 6.61 Å². The van der Waals surface area contributed by atoms with Gasteiger partial charge in [0.2, 0.25) is 0 Å². The lowest BCUT2D eigenvalue weighted by Gasteiger charge is -2.19. The van der Waals surface area contributed by atoms with Gasteiger partial charge in [-0.1, -0.05) is 29.8 Å². The van der Waals surface area contributed by atoms with Crippen LogP contribution in [0.4, 0.5) is 4.79 Å². The van der Waals surface area contributed by atoms with Crippen molar-refractivity contribution in [3.05, 3.63) is 35.4 Å². The Balaban J connectivity index is 1.92. The van der Waals surface area contributed by atoms with E-state index >= 15 is 0 Å². The second-order valence-electron chi connectivity index (χ2n) is 4.73. The average Bonchev–Trinajstić information content (AvgIpc) is 2.85. The summed E-state index contributed by atoms with van der Waals surface area (Å²) < 4.78 is 5.20. The lowest BCUT2D eigenvalue weighted by molar-refractivity contribution is -0.149. The van der Waals surface area contributed by atoms with Crippen LogP contribution in [-0.2, 0) is 16.1 Å². The minimum Gasteiger partial charge on any atom is -0.465 e.